The van der Waals surface area contributed by atoms with E-state index < -0.39 is 16.9 Å². The van der Waals surface area contributed by atoms with Gasteiger partial charge in [0.1, 0.15) is 0 Å². The largest absolute Gasteiger partial charge is 0.310 e. The van der Waals surface area contributed by atoms with Crippen molar-refractivity contribution in [1.29, 1.82) is 10.5 Å². The number of anilines is 6. The summed E-state index contributed by atoms with van der Waals surface area (Å²) in [7, 11) is -2.89. The van der Waals surface area contributed by atoms with Gasteiger partial charge in [-0.1, -0.05) is 79.4 Å². The molecular formula is C51H47N4Si2-. The molecule has 0 saturated carbocycles. The second-order valence-electron chi connectivity index (χ2n) is 16.8. The first-order valence-corrected chi connectivity index (χ1v) is 25.6. The van der Waals surface area contributed by atoms with Gasteiger partial charge in [-0.3, -0.25) is 8.80 Å². The van der Waals surface area contributed by atoms with Crippen LogP contribution in [-0.2, 0) is 0 Å². The highest BCUT2D eigenvalue weighted by atomic mass is 28.3. The summed E-state index contributed by atoms with van der Waals surface area (Å²) < 4.78 is 0. The van der Waals surface area contributed by atoms with E-state index in [1.165, 1.54) is 64.9 Å². The molecule has 0 bridgehead atoms. The maximum atomic E-state index is 9.75. The average molecular weight is 772 g/mol. The van der Waals surface area contributed by atoms with Crippen LogP contribution in [0.3, 0.4) is 0 Å². The molecule has 0 spiro atoms. The van der Waals surface area contributed by atoms with E-state index in [0.29, 0.717) is 11.1 Å². The van der Waals surface area contributed by atoms with Gasteiger partial charge in [0.2, 0.25) is 0 Å². The maximum absolute atomic E-state index is 9.75. The minimum atomic E-state index is -1.94. The van der Waals surface area contributed by atoms with Gasteiger partial charge in [-0.15, -0.1) is 0 Å². The Morgan fingerprint density at radius 1 is 0.474 bits per heavy atom. The molecular weight excluding hydrogens is 725 g/mol. The van der Waals surface area contributed by atoms with Gasteiger partial charge in [0.15, 0.2) is 0 Å². The van der Waals surface area contributed by atoms with E-state index in [0.717, 1.165) is 34.1 Å². The van der Waals surface area contributed by atoms with Gasteiger partial charge >= 0.3 is 0 Å². The zero-order valence-electron chi connectivity index (χ0n) is 34.3. The Bertz CT molecular complexity index is 2930. The molecule has 0 fully saturated rings. The summed E-state index contributed by atoms with van der Waals surface area (Å²) in [6.45, 7) is 20.9. The van der Waals surface area contributed by atoms with Gasteiger partial charge in [0.05, 0.1) is 42.7 Å². The molecule has 6 heteroatoms. The third kappa shape index (κ3) is 6.55. The van der Waals surface area contributed by atoms with Crippen molar-refractivity contribution >= 4 is 93.7 Å². The number of nitriles is 2. The molecule has 280 valence electrons. The monoisotopic (exact) mass is 771 g/mol. The molecule has 0 aliphatic rings. The predicted octanol–water partition coefficient (Wildman–Crippen LogP) is 13.0. The highest BCUT2D eigenvalue weighted by molar-refractivity contribution is 6.90. The number of rotatable bonds is 8. The lowest BCUT2D eigenvalue weighted by atomic mass is 9.91. The van der Waals surface area contributed by atoms with Gasteiger partial charge < -0.3 is 9.80 Å². The van der Waals surface area contributed by atoms with E-state index in [2.05, 4.69) is 179 Å². The molecule has 57 heavy (non-hydrogen) atoms. The Hall–Kier alpha value is -6.19. The molecule has 0 aliphatic carbocycles. The first-order chi connectivity index (χ1) is 27.3. The van der Waals surface area contributed by atoms with Crippen molar-refractivity contribution in [2.75, 3.05) is 9.80 Å². The van der Waals surface area contributed by atoms with Crippen molar-refractivity contribution in [2.24, 2.45) is 0 Å². The lowest BCUT2D eigenvalue weighted by Crippen LogP contribution is -2.38. The van der Waals surface area contributed by atoms with Crippen LogP contribution in [-0.4, -0.2) is 16.9 Å². The lowest BCUT2D eigenvalue weighted by Gasteiger charge is -2.35. The highest BCUT2D eigenvalue weighted by Crippen LogP contribution is 2.48. The number of benzene rings is 8. The number of aryl methyl sites for hydroxylation is 4. The summed E-state index contributed by atoms with van der Waals surface area (Å²) in [4.78, 5) is 4.85. The topological polar surface area (TPSA) is 54.1 Å². The lowest BCUT2D eigenvalue weighted by molar-refractivity contribution is 1.24. The van der Waals surface area contributed by atoms with Gasteiger partial charge in [0.25, 0.3) is 0 Å². The first-order valence-electron chi connectivity index (χ1n) is 19.6. The fourth-order valence-electron chi connectivity index (χ4n) is 8.47. The molecule has 4 nitrogen and oxygen atoms in total. The Labute approximate surface area is 339 Å². The first kappa shape index (κ1) is 37.7. The van der Waals surface area contributed by atoms with Gasteiger partial charge in [-0.2, -0.15) is 28.8 Å². The average Bonchev–Trinajstić information content (AvgIpc) is 3.20. The van der Waals surface area contributed by atoms with E-state index in [1.807, 2.05) is 24.3 Å². The summed E-state index contributed by atoms with van der Waals surface area (Å²) in [6.07, 6.45) is 0. The van der Waals surface area contributed by atoms with Gasteiger partial charge in [-0.25, -0.2) is 0 Å². The van der Waals surface area contributed by atoms with Crippen LogP contribution in [0.15, 0.2) is 121 Å². The van der Waals surface area contributed by atoms with Crippen LogP contribution in [0.25, 0.3) is 32.3 Å². The van der Waals surface area contributed by atoms with Crippen molar-refractivity contribution in [3.63, 3.8) is 0 Å². The second kappa shape index (κ2) is 14.4. The quantitative estimate of drug-likeness (QED) is 0.114. The van der Waals surface area contributed by atoms with Gasteiger partial charge in [-0.05, 0) is 138 Å². The van der Waals surface area contributed by atoms with Crippen LogP contribution in [0.1, 0.15) is 33.4 Å². The van der Waals surface area contributed by atoms with Crippen molar-refractivity contribution in [2.45, 2.75) is 60.4 Å². The third-order valence-electron chi connectivity index (χ3n) is 11.4. The fraction of sp³-hybridized carbons (Fsp3) is 0.176. The van der Waals surface area contributed by atoms with Crippen LogP contribution in [0.2, 0.25) is 32.7 Å². The predicted molar refractivity (Wildman–Crippen MR) is 248 cm³/mol. The van der Waals surface area contributed by atoms with E-state index in [1.54, 1.807) is 0 Å². The third-order valence-corrected chi connectivity index (χ3v) is 14.9. The molecule has 0 heterocycles. The Morgan fingerprint density at radius 3 is 1.33 bits per heavy atom. The Morgan fingerprint density at radius 2 is 0.895 bits per heavy atom. The maximum Gasteiger partial charge on any atom is 0.0991 e. The smallest absolute Gasteiger partial charge is 0.0991 e. The molecule has 0 radical (unpaired) electrons. The number of hydrogen-bond acceptors (Lipinski definition) is 4. The van der Waals surface area contributed by atoms with Crippen LogP contribution >= 0.6 is 0 Å². The van der Waals surface area contributed by atoms with E-state index in [4.69, 9.17) is 0 Å². The summed E-state index contributed by atoms with van der Waals surface area (Å²) >= 11 is 0. The summed E-state index contributed by atoms with van der Waals surface area (Å²) in [5.41, 5.74) is 12.7. The van der Waals surface area contributed by atoms with Crippen LogP contribution in [0.4, 0.5) is 34.1 Å². The molecule has 8 aromatic carbocycles. The highest BCUT2D eigenvalue weighted by Gasteiger charge is 2.28. The summed E-state index contributed by atoms with van der Waals surface area (Å²) in [5.74, 6) is 0. The zero-order chi connectivity index (χ0) is 40.3. The molecule has 8 rings (SSSR count). The van der Waals surface area contributed by atoms with Crippen LogP contribution < -0.4 is 20.2 Å². The molecule has 0 aromatic heterocycles. The van der Waals surface area contributed by atoms with Crippen molar-refractivity contribution in [3.05, 3.63) is 155 Å². The minimum Gasteiger partial charge on any atom is -0.310 e. The van der Waals surface area contributed by atoms with Crippen molar-refractivity contribution < 1.29 is 0 Å². The van der Waals surface area contributed by atoms with Crippen molar-refractivity contribution in [3.8, 4) is 12.1 Å². The molecule has 0 aliphatic heterocycles. The number of nitrogens with zero attached hydrogens (tertiary/aromatic N) is 4. The molecule has 0 saturated heterocycles. The summed E-state index contributed by atoms with van der Waals surface area (Å²) in [6, 6.07) is 48.5. The van der Waals surface area contributed by atoms with E-state index in [-0.39, 0.29) is 0 Å². The van der Waals surface area contributed by atoms with Crippen LogP contribution in [0, 0.1) is 50.4 Å². The van der Waals surface area contributed by atoms with Gasteiger partial charge in [0, 0.05) is 33.5 Å². The second-order valence-corrected chi connectivity index (χ2v) is 24.4. The minimum absolute atomic E-state index is 0.644. The number of hydrogen-bond donors (Lipinski definition) is 0. The Balaban J connectivity index is 1.55. The zero-order valence-corrected chi connectivity index (χ0v) is 36.3. The standard InChI is InChI=1S/C51H47N4Si2/c1-32-10-12-34(3)44(26-32)54(38-18-14-36(30-52)15-19-38)46-28-48(56(5)6)42-24-22-41-47(29-49(57(7,8)9)43-25-23-40(46)50(42)51(41)43)55(39-20-16-37(31-53)17-21-39)45-27-33(2)11-13-35(45)4/h10-29H,1-9H3/q-1. The molecule has 0 N–H and O–H groups in total. The molecule has 0 atom stereocenters. The SMILES string of the molecule is Cc1ccc(C)c(N(c2ccc(C#N)cc2)c2cc([Si-](C)C)c3ccc4c(N(c5ccc(C#N)cc5)c5cc(C)ccc5C)cc([Si](C)(C)C)c5ccc2c3c45)c1. The van der Waals surface area contributed by atoms with Crippen molar-refractivity contribution in [1.82, 2.24) is 0 Å². The Kier molecular flexibility index (Phi) is 9.53. The van der Waals surface area contributed by atoms with E-state index in [9.17, 15) is 10.5 Å². The normalized spacial score (nSPS) is 11.6. The van der Waals surface area contributed by atoms with Crippen LogP contribution in [0.5, 0.6) is 0 Å². The van der Waals surface area contributed by atoms with E-state index >= 15 is 0 Å². The molecule has 0 amide bonds. The summed E-state index contributed by atoms with van der Waals surface area (Å²) in [5, 5.41) is 30.0. The molecule has 8 aromatic rings. The molecule has 0 unspecified atom stereocenters. The fourth-order valence-corrected chi connectivity index (χ4v) is 11.2.